The fourth-order valence-corrected chi connectivity index (χ4v) is 21.4. The molecule has 23 rings (SSSR count). The Hall–Kier alpha value is -15.1. The Bertz CT molecular complexity index is 8280. The molecule has 3 saturated carbocycles. The topological polar surface area (TPSA) is 495 Å². The van der Waals surface area contributed by atoms with Crippen molar-refractivity contribution in [2.45, 2.75) is 139 Å². The van der Waals surface area contributed by atoms with Crippen LogP contribution < -0.4 is 66.4 Å². The Balaban J connectivity index is -0.000000105. The Morgan fingerprint density at radius 3 is 1.28 bits per heavy atom. The highest BCUT2D eigenvalue weighted by atomic mass is 32.2. The molecule has 42 heteroatoms. The van der Waals surface area contributed by atoms with Gasteiger partial charge >= 0.3 is 24.2 Å². The van der Waals surface area contributed by atoms with Crippen molar-refractivity contribution >= 4 is 159 Å². The molecule has 6 fully saturated rings. The summed E-state index contributed by atoms with van der Waals surface area (Å²) in [5.74, 6) is 0.686. The summed E-state index contributed by atoms with van der Waals surface area (Å²) in [6, 6.07) is 37.8. The lowest BCUT2D eigenvalue weighted by atomic mass is 9.60. The normalized spacial score (nSPS) is 19.0. The van der Waals surface area contributed by atoms with E-state index in [-0.39, 0.29) is 81.6 Å². The lowest BCUT2D eigenvalue weighted by Crippen LogP contribution is -2.69. The molecule has 0 unspecified atom stereocenters. The first kappa shape index (κ1) is 61.7. The summed E-state index contributed by atoms with van der Waals surface area (Å²) in [7, 11) is -1.08. The minimum atomic E-state index is -4.39. The Labute approximate surface area is 945 Å². The van der Waals surface area contributed by atoms with Gasteiger partial charge < -0.3 is 86.1 Å². The second-order valence-corrected chi connectivity index (χ2v) is 42.6. The molecule has 144 heavy (non-hydrogen) atoms. The third-order valence-electron chi connectivity index (χ3n) is 26.8. The van der Waals surface area contributed by atoms with Gasteiger partial charge in [-0.3, -0.25) is 39.7 Å². The molecule has 3 atom stereocenters. The van der Waals surface area contributed by atoms with Crippen LogP contribution in [-0.2, 0) is 40.7 Å². The molecule has 12 N–H and O–H groups in total. The van der Waals surface area contributed by atoms with Crippen molar-refractivity contribution in [1.29, 1.82) is 0 Å². The van der Waals surface area contributed by atoms with Gasteiger partial charge in [0.1, 0.15) is 74.5 Å². The predicted octanol–water partition coefficient (Wildman–Crippen LogP) is 26.1. The highest BCUT2D eigenvalue weighted by molar-refractivity contribution is 7.91. The van der Waals surface area contributed by atoms with Crippen LogP contribution in [0.2, 0.25) is 0 Å². The monoisotopic (exact) mass is 2160 g/mol. The number of carbonyl (C=O) groups excluding carboxylic acids is 2. The molecule has 3 aliphatic heterocycles. The number of sulfone groups is 2. The number of hydrogen-bond donors (Lipinski definition) is 9. The van der Waals surface area contributed by atoms with Crippen LogP contribution in [0.3, 0.4) is 0 Å². The fourth-order valence-electron chi connectivity index (χ4n) is 18.6. The van der Waals surface area contributed by atoms with E-state index in [0.29, 0.717) is 107 Å². The Kier molecular flexibility index (Phi) is 16.5. The number of nitrogens with zero attached hydrogens (tertiary/aromatic N) is 16. The van der Waals surface area contributed by atoms with Gasteiger partial charge in [0, 0.05) is 264 Å². The second kappa shape index (κ2) is 38.6. The maximum Gasteiger partial charge on any atom is 0.414 e. The van der Waals surface area contributed by atoms with E-state index in [1.165, 1.54) is 82.6 Å². The molecular weight excluding hydrogens is 1890 g/mol. The summed E-state index contributed by atoms with van der Waals surface area (Å²) in [5, 5.41) is 16.6. The van der Waals surface area contributed by atoms with Gasteiger partial charge in [-0.05, 0) is 188 Å². The minimum absolute atomic E-state index is 0. The summed E-state index contributed by atoms with van der Waals surface area (Å²) in [6.07, 6.45) is 15.1. The number of halogens is 3. The van der Waals surface area contributed by atoms with E-state index in [1.54, 1.807) is 153 Å². The number of nitrogens with two attached hydrogens (primary N) is 3. The zero-order valence-corrected chi connectivity index (χ0v) is 81.7. The molecule has 5 aromatic carbocycles. The van der Waals surface area contributed by atoms with Crippen LogP contribution >= 0.6 is 0 Å². The Morgan fingerprint density at radius 2 is 0.896 bits per heavy atom. The molecule has 15 heterocycles. The van der Waals surface area contributed by atoms with E-state index in [4.69, 9.17) is 177 Å². The van der Waals surface area contributed by atoms with Gasteiger partial charge in [-0.15, -0.1) is 0 Å². The maximum atomic E-state index is 15.2. The van der Waals surface area contributed by atoms with Gasteiger partial charge in [-0.1, -0.05) is 31.7 Å². The number of H-pyrrole nitrogens is 3. The summed E-state index contributed by atoms with van der Waals surface area (Å²) in [4.78, 5) is 94.9. The number of aromatic nitrogens is 15. The van der Waals surface area contributed by atoms with Gasteiger partial charge in [-0.2, -0.15) is 19.9 Å². The number of aromatic hydroxyl groups is 1. The van der Waals surface area contributed by atoms with Crippen molar-refractivity contribution in [2.75, 3.05) is 99.5 Å². The largest absolute Gasteiger partial charge is 0.506 e. The fraction of sp³-hybridized carbons (Fsp3) is 0.333. The zero-order chi connectivity index (χ0) is 179. The average Bonchev–Trinajstić information content (AvgIpc) is 1.51. The number of carbonyl (C=O) groups is 2. The molecule has 0 bridgehead atoms. The molecule has 37 nitrogen and oxygen atoms in total. The van der Waals surface area contributed by atoms with Crippen LogP contribution in [0.1, 0.15) is 214 Å². The van der Waals surface area contributed by atoms with Crippen molar-refractivity contribution in [2.24, 2.45) is 33.4 Å². The number of aromatic amines is 3. The molecule has 0 radical (unpaired) electrons. The molecule has 2 amide bonds. The molecule has 6 aliphatic rings. The zero-order valence-electron chi connectivity index (χ0n) is 158. The number of hydrogen-bond acceptors (Lipinski definition) is 32. The van der Waals surface area contributed by atoms with Crippen molar-refractivity contribution < 1.29 is 189 Å². The Morgan fingerprint density at radius 1 is 0.500 bits per heavy atom. The van der Waals surface area contributed by atoms with Crippen molar-refractivity contribution in [3.8, 4) is 40.8 Å². The number of benzene rings is 5. The standard InChI is InChI=1S/C32H33FN4O8S2.C30H31FN8O3.C25H23FN8O.C8H6N2O.C6H12N2.CH4.39H2/c1-32(2,3)45-31(38)37(4)25-16-21(33)15-24-26-28(34-27(24)25)35-30(47(41,42)18-20-9-13-23(44-6)14-10-20)36-29(26)46(39,40)17-19-7-11-22(43-5)12-8-19;1-29(2,3)42-28(40)38(4)21-11-16(31)10-18-23-25(35-24(18)21)36-27(37-26(23)39-14-30(15-39)8-7-22(30)32)41-17-12-20-19(34-13-17)6-5-9-33-20;1-28-18-8-13(26)7-15-20-22(31-21(15)18)32-24(33-23(20)34-11-25(12-34)5-4-19(25)27)35-14-9-17-16(30-10-14)3-2-6-29-17;11-6-4-8-7(10-5-6)2-1-3-9-8;7-5-1-2-6(5)3-8-4-6;;;;;;;;;;;;;;;;;;;;;;;;;;;;;;;;;;;;;;;;/h7-16H,17-18H2,1-6H3,(H,34,35,36);5-6,9-13,22H,7-8,14-15,32H2,1-4H3,(H,35,36,37);2-3,6-10,19,28H,4-5,11-12,27H2,1H3,(H,31,32,33);1-5,11H;5,8H,1-4,7H2;1H4;39*1H/t;22-;19-;;5-;;;;;;;;;;;;;;;;;;;;;;;;;;;;;;;;;;;;;;;;/m.00.0......................................../s1/i;;;;;;39*1+1D. The first-order chi connectivity index (χ1) is 107. The predicted molar refractivity (Wildman–Crippen MR) is 626 cm³/mol. The van der Waals surface area contributed by atoms with Crippen molar-refractivity contribution in [1.82, 2.24) is 80.1 Å². The number of fused-ring (bicyclic) bond motifs is 12. The van der Waals surface area contributed by atoms with Crippen LogP contribution in [0.5, 0.6) is 40.8 Å². The highest BCUT2D eigenvalue weighted by Crippen LogP contribution is 2.53. The summed E-state index contributed by atoms with van der Waals surface area (Å²) in [5.41, 5.74) is 26.1. The first-order valence-electron chi connectivity index (χ1n) is 85.3. The van der Waals surface area contributed by atoms with Crippen LogP contribution in [0.15, 0.2) is 187 Å². The molecular formula is C102H187F3N24O13S2. The first-order valence-corrected chi connectivity index (χ1v) is 49.6. The van der Waals surface area contributed by atoms with Crippen LogP contribution in [0, 0.1) is 33.7 Å². The quantitative estimate of drug-likeness (QED) is 0.0302. The van der Waals surface area contributed by atoms with Gasteiger partial charge in [0.25, 0.3) is 5.16 Å². The van der Waals surface area contributed by atoms with Gasteiger partial charge in [0.05, 0.1) is 127 Å². The molecule has 826 valence electrons. The van der Waals surface area contributed by atoms with Crippen molar-refractivity contribution in [3.63, 3.8) is 0 Å². The van der Waals surface area contributed by atoms with E-state index in [2.05, 4.69) is 85.2 Å². The summed E-state index contributed by atoms with van der Waals surface area (Å²) < 4.78 is 524. The van der Waals surface area contributed by atoms with E-state index in [1.807, 2.05) is 36.4 Å². The lowest BCUT2D eigenvalue weighted by molar-refractivity contribution is 0.0297. The van der Waals surface area contributed by atoms with E-state index >= 15 is 8.78 Å². The number of nitrogens with one attached hydrogen (secondary N) is 5. The molecule has 3 spiro atoms. The SMILES string of the molecule is C.CN(C(=O)OC(C)(C)C)c1cc(F)cc2c1[nH]c1nc(Oc3cnc4cccnc4c3)nc(N3CC4(CC[C@@H]4N)C3)c12.CNc1cc(F)cc2c1[nH]c1nc(Oc3cnc4cccnc4c3)nc(N3CC4(CC[C@@H]4N)C3)c12.COc1ccc(CS(=O)(=O)c2nc(S(=O)(=O)Cc3ccc(OC)cc3)c3c(n2)[nH]c2c(N(C)C(=O)OC(C)(C)C)cc(F)cc23)cc1.N[C@H]1CCC12CNC2.Oc1cnc2cccnc2c1.[2H][2H].[2H][2H].[2H][2H].[2H][2H].[2H][2H].[2H][2H].[2H][2H].[2H][2H].[2H][2H].[2H][2H].[2H][2H].[2H][2H].[2H][2H].[2H][2H].[2H][2H].[2H][2H].[2H][2H].[2H][2H].[2H][2H].[2H][2H].[2H][2H].[2H][2H].[2H][2H].[2H][2H].[2H][2H].[2H][2H].[2H][2H].[2H][2H].[2H][2H].[2H][2H].[2H][2H].[2H][2H].[2H][2H].[2H][2H].[2H][2H].[2H][2H].[2H][2H].[2H][2H].[2H][2H]. The summed E-state index contributed by atoms with van der Waals surface area (Å²) >= 11 is 0. The number of methoxy groups -OCH3 is 2. The number of anilines is 5. The van der Waals surface area contributed by atoms with Crippen LogP contribution in [0.25, 0.3) is 98.9 Å². The maximum absolute atomic E-state index is 15.2. The van der Waals surface area contributed by atoms with Crippen molar-refractivity contribution in [3.05, 3.63) is 205 Å². The van der Waals surface area contributed by atoms with E-state index < -0.39 is 76.4 Å². The second-order valence-electron chi connectivity index (χ2n) is 38.8. The third-order valence-corrected chi connectivity index (χ3v) is 29.9. The molecule has 3 aliphatic carbocycles. The number of ether oxygens (including phenoxy) is 6. The number of pyridine rings is 6. The van der Waals surface area contributed by atoms with Gasteiger partial charge in [0.15, 0.2) is 16.5 Å². The molecule has 12 aromatic heterocycles. The summed E-state index contributed by atoms with van der Waals surface area (Å²) in [6.45, 7) is 15.8. The van der Waals surface area contributed by atoms with Crippen LogP contribution in [0.4, 0.5) is 51.5 Å². The lowest BCUT2D eigenvalue weighted by Gasteiger charge is -2.60. The third kappa shape index (κ3) is 19.8. The van der Waals surface area contributed by atoms with Crippen LogP contribution in [-0.4, -0.2) is 213 Å². The number of amides is 2. The minimum Gasteiger partial charge on any atom is -0.506 e. The van der Waals surface area contributed by atoms with Gasteiger partial charge in [0.2, 0.25) is 19.7 Å². The molecule has 3 saturated heterocycles. The average molecular weight is 2160 g/mol. The van der Waals surface area contributed by atoms with Gasteiger partial charge in [-0.25, -0.2) is 49.6 Å². The molecule has 17 aromatic rings. The van der Waals surface area contributed by atoms with E-state index in [0.717, 1.165) is 107 Å². The number of rotatable bonds is 17. The van der Waals surface area contributed by atoms with E-state index in [9.17, 15) is 30.8 Å². The smallest absolute Gasteiger partial charge is 0.414 e. The highest BCUT2D eigenvalue weighted by Gasteiger charge is 2.56.